The molecule has 0 unspecified atom stereocenters. The van der Waals surface area contributed by atoms with E-state index in [0.717, 1.165) is 5.56 Å². The first-order valence-electron chi connectivity index (χ1n) is 5.62. The molecule has 0 aliphatic rings. The molecule has 5 heteroatoms. The first-order valence-corrected chi connectivity index (χ1v) is 6.38. The number of rotatable bonds is 4. The summed E-state index contributed by atoms with van der Waals surface area (Å²) in [6, 6.07) is 11.3. The molecule has 0 bridgehead atoms. The fourth-order valence-electron chi connectivity index (χ4n) is 1.67. The van der Waals surface area contributed by atoms with E-state index in [9.17, 15) is 8.78 Å². The van der Waals surface area contributed by atoms with Gasteiger partial charge in [0.25, 0.3) is 6.43 Å². The van der Waals surface area contributed by atoms with E-state index in [4.69, 9.17) is 23.2 Å². The Morgan fingerprint density at radius 3 is 2.58 bits per heavy atom. The van der Waals surface area contributed by atoms with Crippen LogP contribution in [0.1, 0.15) is 17.6 Å². The second-order valence-electron chi connectivity index (χ2n) is 4.02. The van der Waals surface area contributed by atoms with Crippen molar-refractivity contribution in [3.05, 3.63) is 63.6 Å². The Bertz CT molecular complexity index is 573. The summed E-state index contributed by atoms with van der Waals surface area (Å²) >= 11 is 11.9. The quantitative estimate of drug-likeness (QED) is 0.781. The lowest BCUT2D eigenvalue weighted by atomic mass is 10.1. The maximum atomic E-state index is 12.6. The smallest absolute Gasteiger partial charge is 0.263 e. The van der Waals surface area contributed by atoms with Gasteiger partial charge in [-0.15, -0.1) is 0 Å². The van der Waals surface area contributed by atoms with E-state index in [-0.39, 0.29) is 5.56 Å². The van der Waals surface area contributed by atoms with Crippen LogP contribution in [-0.2, 0) is 6.54 Å². The second kappa shape index (κ2) is 6.22. The Kier molecular flexibility index (Phi) is 4.61. The van der Waals surface area contributed by atoms with Gasteiger partial charge in [0.2, 0.25) is 0 Å². The van der Waals surface area contributed by atoms with Crippen molar-refractivity contribution in [3.8, 4) is 0 Å². The summed E-state index contributed by atoms with van der Waals surface area (Å²) in [5, 5.41) is 4.17. The Balaban J connectivity index is 2.10. The monoisotopic (exact) mass is 301 g/mol. The van der Waals surface area contributed by atoms with Gasteiger partial charge in [-0.25, -0.2) is 8.78 Å². The number of hydrogen-bond donors (Lipinski definition) is 1. The highest BCUT2D eigenvalue weighted by Gasteiger charge is 2.07. The van der Waals surface area contributed by atoms with Crippen molar-refractivity contribution < 1.29 is 8.78 Å². The Morgan fingerprint density at radius 2 is 1.84 bits per heavy atom. The summed E-state index contributed by atoms with van der Waals surface area (Å²) in [4.78, 5) is 0. The molecule has 0 saturated carbocycles. The lowest BCUT2D eigenvalue weighted by Gasteiger charge is -2.10. The molecule has 0 atom stereocenters. The molecule has 0 heterocycles. The van der Waals surface area contributed by atoms with E-state index >= 15 is 0 Å². The zero-order valence-corrected chi connectivity index (χ0v) is 11.3. The van der Waals surface area contributed by atoms with Crippen molar-refractivity contribution in [2.24, 2.45) is 0 Å². The van der Waals surface area contributed by atoms with Crippen LogP contribution in [-0.4, -0.2) is 0 Å². The third-order valence-electron chi connectivity index (χ3n) is 2.61. The summed E-state index contributed by atoms with van der Waals surface area (Å²) < 4.78 is 25.1. The zero-order valence-electron chi connectivity index (χ0n) is 9.84. The van der Waals surface area contributed by atoms with E-state index in [1.54, 1.807) is 30.3 Å². The van der Waals surface area contributed by atoms with Gasteiger partial charge < -0.3 is 5.32 Å². The summed E-state index contributed by atoms with van der Waals surface area (Å²) in [6.45, 7) is 0.403. The third-order valence-corrected chi connectivity index (χ3v) is 3.18. The highest BCUT2D eigenvalue weighted by molar-refractivity contribution is 6.35. The number of benzene rings is 2. The number of halogens is 4. The van der Waals surface area contributed by atoms with Crippen molar-refractivity contribution in [1.82, 2.24) is 0 Å². The molecule has 0 saturated heterocycles. The predicted molar refractivity (Wildman–Crippen MR) is 75.2 cm³/mol. The second-order valence-corrected chi connectivity index (χ2v) is 4.87. The van der Waals surface area contributed by atoms with Gasteiger partial charge in [-0.3, -0.25) is 0 Å². The molecule has 1 N–H and O–H groups in total. The summed E-state index contributed by atoms with van der Waals surface area (Å²) in [6.07, 6.45) is -2.46. The number of anilines is 1. The molecule has 0 amide bonds. The lowest BCUT2D eigenvalue weighted by molar-refractivity contribution is 0.151. The first kappa shape index (κ1) is 14.1. The van der Waals surface area contributed by atoms with Crippen LogP contribution >= 0.6 is 23.2 Å². The lowest BCUT2D eigenvalue weighted by Crippen LogP contribution is -2.00. The average molecular weight is 302 g/mol. The highest BCUT2D eigenvalue weighted by Crippen LogP contribution is 2.26. The molecular formula is C14H11Cl2F2N. The molecule has 2 aromatic carbocycles. The van der Waals surface area contributed by atoms with Gasteiger partial charge in [0.05, 0.1) is 10.7 Å². The summed E-state index contributed by atoms with van der Waals surface area (Å²) in [5.74, 6) is 0. The van der Waals surface area contributed by atoms with Gasteiger partial charge in [0, 0.05) is 17.1 Å². The summed E-state index contributed by atoms with van der Waals surface area (Å²) in [5.41, 5.74) is 1.45. The first-order chi connectivity index (χ1) is 9.06. The van der Waals surface area contributed by atoms with Crippen LogP contribution in [0, 0.1) is 0 Å². The van der Waals surface area contributed by atoms with Crippen molar-refractivity contribution in [3.63, 3.8) is 0 Å². The van der Waals surface area contributed by atoms with E-state index in [0.29, 0.717) is 22.3 Å². The molecule has 2 rings (SSSR count). The molecule has 0 fully saturated rings. The molecule has 0 radical (unpaired) electrons. The van der Waals surface area contributed by atoms with E-state index in [1.165, 1.54) is 12.1 Å². The van der Waals surface area contributed by atoms with Crippen LogP contribution in [0.15, 0.2) is 42.5 Å². The highest BCUT2D eigenvalue weighted by atomic mass is 35.5. The van der Waals surface area contributed by atoms with E-state index < -0.39 is 6.43 Å². The predicted octanol–water partition coefficient (Wildman–Crippen LogP) is 5.54. The van der Waals surface area contributed by atoms with Crippen LogP contribution in [0.4, 0.5) is 14.5 Å². The number of alkyl halides is 2. The summed E-state index contributed by atoms with van der Waals surface area (Å²) in [7, 11) is 0. The fraction of sp³-hybridized carbons (Fsp3) is 0.143. The Morgan fingerprint density at radius 1 is 1.05 bits per heavy atom. The van der Waals surface area contributed by atoms with E-state index in [1.807, 2.05) is 0 Å². The molecule has 0 aromatic heterocycles. The Hall–Kier alpha value is -1.32. The van der Waals surface area contributed by atoms with Crippen LogP contribution < -0.4 is 5.32 Å². The standard InChI is InChI=1S/C14H11Cl2F2N/c15-11-4-5-12(16)13(7-11)19-8-9-2-1-3-10(6-9)14(17)18/h1-7,14,19H,8H2. The van der Waals surface area contributed by atoms with Gasteiger partial charge in [-0.2, -0.15) is 0 Å². The molecule has 0 aliphatic heterocycles. The minimum atomic E-state index is -2.46. The van der Waals surface area contributed by atoms with Crippen LogP contribution in [0.5, 0.6) is 0 Å². The van der Waals surface area contributed by atoms with Gasteiger partial charge in [0.1, 0.15) is 0 Å². The van der Waals surface area contributed by atoms with Crippen LogP contribution in [0.2, 0.25) is 10.0 Å². The molecule has 100 valence electrons. The van der Waals surface area contributed by atoms with Gasteiger partial charge in [-0.1, -0.05) is 41.4 Å². The van der Waals surface area contributed by atoms with Crippen molar-refractivity contribution in [2.75, 3.05) is 5.32 Å². The maximum absolute atomic E-state index is 12.6. The van der Waals surface area contributed by atoms with Gasteiger partial charge in [-0.05, 0) is 29.8 Å². The number of nitrogens with one attached hydrogen (secondary N) is 1. The third kappa shape index (κ3) is 3.82. The van der Waals surface area contributed by atoms with E-state index in [2.05, 4.69) is 5.32 Å². The molecule has 1 nitrogen and oxygen atoms in total. The fourth-order valence-corrected chi connectivity index (χ4v) is 2.03. The van der Waals surface area contributed by atoms with Crippen molar-refractivity contribution in [2.45, 2.75) is 13.0 Å². The topological polar surface area (TPSA) is 12.0 Å². The average Bonchev–Trinajstić information content (AvgIpc) is 2.40. The zero-order chi connectivity index (χ0) is 13.8. The normalized spacial score (nSPS) is 10.8. The van der Waals surface area contributed by atoms with Crippen molar-refractivity contribution in [1.29, 1.82) is 0 Å². The Labute approximate surface area is 120 Å². The van der Waals surface area contributed by atoms with Gasteiger partial charge >= 0.3 is 0 Å². The minimum Gasteiger partial charge on any atom is -0.380 e. The largest absolute Gasteiger partial charge is 0.380 e. The molecular weight excluding hydrogens is 291 g/mol. The van der Waals surface area contributed by atoms with Crippen LogP contribution in [0.25, 0.3) is 0 Å². The molecule has 0 spiro atoms. The SMILES string of the molecule is FC(F)c1cccc(CNc2cc(Cl)ccc2Cl)c1. The molecule has 19 heavy (non-hydrogen) atoms. The molecule has 0 aliphatic carbocycles. The molecule has 2 aromatic rings. The number of hydrogen-bond acceptors (Lipinski definition) is 1. The maximum Gasteiger partial charge on any atom is 0.263 e. The minimum absolute atomic E-state index is 0.0106. The van der Waals surface area contributed by atoms with Crippen molar-refractivity contribution >= 4 is 28.9 Å². The van der Waals surface area contributed by atoms with Gasteiger partial charge in [0.15, 0.2) is 0 Å². The van der Waals surface area contributed by atoms with Crippen LogP contribution in [0.3, 0.4) is 0 Å².